The van der Waals surface area contributed by atoms with Gasteiger partial charge in [0.05, 0.1) is 25.7 Å². The van der Waals surface area contributed by atoms with E-state index in [0.29, 0.717) is 19.6 Å². The number of nitrogens with two attached hydrogens (primary N) is 1. The van der Waals surface area contributed by atoms with Crippen LogP contribution in [0.3, 0.4) is 0 Å². The molecular weight excluding hydrogens is 264 g/mol. The van der Waals surface area contributed by atoms with Gasteiger partial charge in [-0.25, -0.2) is 0 Å². The lowest BCUT2D eigenvalue weighted by Crippen LogP contribution is -2.05. The average molecular weight is 282 g/mol. The Hall–Kier alpha value is -2.67. The highest BCUT2D eigenvalue weighted by molar-refractivity contribution is 5.41. The van der Waals surface area contributed by atoms with E-state index in [1.54, 1.807) is 0 Å². The third-order valence-corrected chi connectivity index (χ3v) is 2.91. The number of nitrogen functional groups attached to an aromatic ring is 1. The van der Waals surface area contributed by atoms with E-state index in [-0.39, 0.29) is 0 Å². The third kappa shape index (κ3) is 5.07. The summed E-state index contributed by atoms with van der Waals surface area (Å²) in [5.41, 5.74) is 7.33. The zero-order valence-electron chi connectivity index (χ0n) is 11.8. The van der Waals surface area contributed by atoms with E-state index < -0.39 is 0 Å². The number of benzene rings is 2. The second-order valence-electron chi connectivity index (χ2n) is 4.60. The summed E-state index contributed by atoms with van der Waals surface area (Å²) in [5, 5.41) is 8.60. The van der Waals surface area contributed by atoms with Gasteiger partial charge in [-0.05, 0) is 42.0 Å². The highest BCUT2D eigenvalue weighted by Crippen LogP contribution is 2.14. The molecule has 2 rings (SSSR count). The zero-order chi connectivity index (χ0) is 14.9. The molecule has 0 aliphatic heterocycles. The molecule has 0 saturated heterocycles. The maximum Gasteiger partial charge on any atom is 0.119 e. The number of anilines is 1. The molecule has 4 heteroatoms. The van der Waals surface area contributed by atoms with Crippen molar-refractivity contribution in [2.75, 3.05) is 18.9 Å². The minimum atomic E-state index is 0.426. The summed E-state index contributed by atoms with van der Waals surface area (Å²) in [5.74, 6) is 1.62. The van der Waals surface area contributed by atoms with Crippen molar-refractivity contribution in [3.8, 4) is 17.6 Å². The number of nitrogens with zero attached hydrogens (tertiary/aromatic N) is 1. The van der Waals surface area contributed by atoms with Crippen LogP contribution in [0.5, 0.6) is 11.5 Å². The quantitative estimate of drug-likeness (QED) is 0.625. The summed E-state index contributed by atoms with van der Waals surface area (Å²) in [6.45, 7) is 1.18. The highest BCUT2D eigenvalue weighted by atomic mass is 16.5. The molecule has 0 spiro atoms. The van der Waals surface area contributed by atoms with Gasteiger partial charge in [0, 0.05) is 12.1 Å². The van der Waals surface area contributed by atoms with Crippen molar-refractivity contribution in [2.45, 2.75) is 12.8 Å². The fourth-order valence-electron chi connectivity index (χ4n) is 1.80. The predicted molar refractivity (Wildman–Crippen MR) is 82.2 cm³/mol. The number of nitriles is 1. The van der Waals surface area contributed by atoms with E-state index >= 15 is 0 Å². The minimum absolute atomic E-state index is 0.426. The molecule has 21 heavy (non-hydrogen) atoms. The maximum absolute atomic E-state index is 8.60. The van der Waals surface area contributed by atoms with Crippen molar-refractivity contribution >= 4 is 5.69 Å². The van der Waals surface area contributed by atoms with Crippen LogP contribution >= 0.6 is 0 Å². The number of rotatable bonds is 7. The molecule has 4 nitrogen and oxygen atoms in total. The summed E-state index contributed by atoms with van der Waals surface area (Å²) in [6, 6.07) is 17.0. The van der Waals surface area contributed by atoms with Crippen molar-refractivity contribution in [3.05, 3.63) is 54.1 Å². The number of hydrogen-bond donors (Lipinski definition) is 1. The monoisotopic (exact) mass is 282 g/mol. The first-order valence-electron chi connectivity index (χ1n) is 6.85. The van der Waals surface area contributed by atoms with E-state index in [4.69, 9.17) is 20.5 Å². The molecule has 2 aromatic rings. The Bertz CT molecular complexity index is 586. The van der Waals surface area contributed by atoms with Gasteiger partial charge >= 0.3 is 0 Å². The van der Waals surface area contributed by atoms with Gasteiger partial charge < -0.3 is 15.2 Å². The molecular formula is C17H18N2O2. The standard InChI is InChI=1S/C17H18N2O2/c18-11-10-14-2-6-16(7-3-14)20-12-1-13-21-17-8-4-15(19)5-9-17/h2-9H,1,10,12-13,19H2. The van der Waals surface area contributed by atoms with E-state index in [1.165, 1.54) is 0 Å². The summed E-state index contributed by atoms with van der Waals surface area (Å²) in [4.78, 5) is 0. The normalized spacial score (nSPS) is 9.86. The summed E-state index contributed by atoms with van der Waals surface area (Å²) in [6.07, 6.45) is 1.22. The molecule has 0 aromatic heterocycles. The Morgan fingerprint density at radius 3 is 1.90 bits per heavy atom. The largest absolute Gasteiger partial charge is 0.493 e. The lowest BCUT2D eigenvalue weighted by Gasteiger charge is -2.08. The van der Waals surface area contributed by atoms with Crippen LogP contribution in [0.15, 0.2) is 48.5 Å². The molecule has 108 valence electrons. The Labute approximate surface area is 124 Å². The first-order chi connectivity index (χ1) is 10.3. The van der Waals surface area contributed by atoms with Crippen LogP contribution in [0.1, 0.15) is 12.0 Å². The van der Waals surface area contributed by atoms with Gasteiger partial charge in [0.2, 0.25) is 0 Å². The SMILES string of the molecule is N#CCc1ccc(OCCCOc2ccc(N)cc2)cc1. The van der Waals surface area contributed by atoms with Crippen molar-refractivity contribution in [1.29, 1.82) is 5.26 Å². The average Bonchev–Trinajstić information content (AvgIpc) is 2.51. The maximum atomic E-state index is 8.60. The van der Waals surface area contributed by atoms with Crippen molar-refractivity contribution in [2.24, 2.45) is 0 Å². The first-order valence-corrected chi connectivity index (χ1v) is 6.85. The van der Waals surface area contributed by atoms with Gasteiger partial charge in [-0.2, -0.15) is 5.26 Å². The molecule has 2 N–H and O–H groups in total. The summed E-state index contributed by atoms with van der Waals surface area (Å²) >= 11 is 0. The van der Waals surface area contributed by atoms with Crippen LogP contribution in [-0.4, -0.2) is 13.2 Å². The minimum Gasteiger partial charge on any atom is -0.493 e. The first kappa shape index (κ1) is 14.7. The number of ether oxygens (including phenoxy) is 2. The van der Waals surface area contributed by atoms with Gasteiger partial charge in [0.1, 0.15) is 11.5 Å². The molecule has 0 atom stereocenters. The van der Waals surface area contributed by atoms with E-state index in [9.17, 15) is 0 Å². The molecule has 0 unspecified atom stereocenters. The highest BCUT2D eigenvalue weighted by Gasteiger charge is 1.97. The summed E-state index contributed by atoms with van der Waals surface area (Å²) in [7, 11) is 0. The van der Waals surface area contributed by atoms with Crippen LogP contribution in [0, 0.1) is 11.3 Å². The van der Waals surface area contributed by atoms with Crippen molar-refractivity contribution in [1.82, 2.24) is 0 Å². The van der Waals surface area contributed by atoms with Crippen LogP contribution in [-0.2, 0) is 6.42 Å². The topological polar surface area (TPSA) is 68.3 Å². The molecule has 0 heterocycles. The van der Waals surface area contributed by atoms with Gasteiger partial charge in [0.15, 0.2) is 0 Å². The zero-order valence-corrected chi connectivity index (χ0v) is 11.8. The van der Waals surface area contributed by atoms with E-state index in [2.05, 4.69) is 6.07 Å². The molecule has 0 saturated carbocycles. The Morgan fingerprint density at radius 1 is 0.857 bits per heavy atom. The third-order valence-electron chi connectivity index (χ3n) is 2.91. The lowest BCUT2D eigenvalue weighted by atomic mass is 10.2. The molecule has 0 aliphatic carbocycles. The second-order valence-corrected chi connectivity index (χ2v) is 4.60. The van der Waals surface area contributed by atoms with Gasteiger partial charge in [-0.15, -0.1) is 0 Å². The number of hydrogen-bond acceptors (Lipinski definition) is 4. The summed E-state index contributed by atoms with van der Waals surface area (Å²) < 4.78 is 11.2. The van der Waals surface area contributed by atoms with Gasteiger partial charge in [-0.1, -0.05) is 12.1 Å². The Kier molecular flexibility index (Phi) is 5.48. The molecule has 2 aromatic carbocycles. The second kappa shape index (κ2) is 7.81. The molecule has 0 aliphatic rings. The van der Waals surface area contributed by atoms with Crippen LogP contribution in [0.4, 0.5) is 5.69 Å². The molecule has 0 radical (unpaired) electrons. The lowest BCUT2D eigenvalue weighted by molar-refractivity contribution is 0.247. The van der Waals surface area contributed by atoms with Gasteiger partial charge in [0.25, 0.3) is 0 Å². The van der Waals surface area contributed by atoms with Crippen LogP contribution < -0.4 is 15.2 Å². The van der Waals surface area contributed by atoms with Crippen molar-refractivity contribution in [3.63, 3.8) is 0 Å². The van der Waals surface area contributed by atoms with Crippen LogP contribution in [0.2, 0.25) is 0 Å². The predicted octanol–water partition coefficient (Wildman–Crippen LogP) is 3.18. The van der Waals surface area contributed by atoms with E-state index in [0.717, 1.165) is 29.2 Å². The Balaban J connectivity index is 1.65. The molecule has 0 bridgehead atoms. The Morgan fingerprint density at radius 2 is 1.38 bits per heavy atom. The fourth-order valence-corrected chi connectivity index (χ4v) is 1.80. The van der Waals surface area contributed by atoms with Crippen molar-refractivity contribution < 1.29 is 9.47 Å². The molecule has 0 amide bonds. The van der Waals surface area contributed by atoms with Crippen LogP contribution in [0.25, 0.3) is 0 Å². The van der Waals surface area contributed by atoms with E-state index in [1.807, 2.05) is 48.5 Å². The smallest absolute Gasteiger partial charge is 0.119 e. The van der Waals surface area contributed by atoms with Gasteiger partial charge in [-0.3, -0.25) is 0 Å². The fraction of sp³-hybridized carbons (Fsp3) is 0.235. The molecule has 0 fully saturated rings.